The van der Waals surface area contributed by atoms with Crippen molar-refractivity contribution < 1.29 is 5.11 Å². The van der Waals surface area contributed by atoms with E-state index in [-0.39, 0.29) is 0 Å². The van der Waals surface area contributed by atoms with Gasteiger partial charge in [0.1, 0.15) is 0 Å². The van der Waals surface area contributed by atoms with Gasteiger partial charge in [-0.3, -0.25) is 4.98 Å². The highest BCUT2D eigenvalue weighted by Gasteiger charge is 2.22. The van der Waals surface area contributed by atoms with Gasteiger partial charge in [-0.05, 0) is 40.9 Å². The molecule has 0 saturated carbocycles. The van der Waals surface area contributed by atoms with Crippen LogP contribution in [0.25, 0.3) is 0 Å². The second-order valence-electron chi connectivity index (χ2n) is 4.25. The van der Waals surface area contributed by atoms with Crippen molar-refractivity contribution in [3.05, 3.63) is 52.5 Å². The average Bonchev–Trinajstić information content (AvgIpc) is 2.84. The summed E-state index contributed by atoms with van der Waals surface area (Å²) in [4.78, 5) is 4.05. The summed E-state index contributed by atoms with van der Waals surface area (Å²) in [6.45, 7) is 3.07. The molecule has 3 nitrogen and oxygen atoms in total. The second kappa shape index (κ2) is 5.40. The molecule has 1 unspecified atom stereocenters. The van der Waals surface area contributed by atoms with Gasteiger partial charge in [0.2, 0.25) is 0 Å². The minimum absolute atomic E-state index is 0.526. The first-order chi connectivity index (χ1) is 8.18. The molecule has 0 fully saturated rings. The Balaban J connectivity index is 1.86. The summed E-state index contributed by atoms with van der Waals surface area (Å²) in [6.07, 6.45) is 3.58. The molecular weight excluding hydrogens is 232 g/mol. The summed E-state index contributed by atoms with van der Waals surface area (Å²) >= 11 is 1.60. The molecule has 0 spiro atoms. The molecule has 0 saturated heterocycles. The summed E-state index contributed by atoms with van der Waals surface area (Å²) < 4.78 is 0. The summed E-state index contributed by atoms with van der Waals surface area (Å²) in [5.74, 6) is 0. The largest absolute Gasteiger partial charge is 0.384 e. The van der Waals surface area contributed by atoms with Crippen molar-refractivity contribution in [2.75, 3.05) is 6.54 Å². The molecule has 2 rings (SSSR count). The normalized spacial score (nSPS) is 14.5. The van der Waals surface area contributed by atoms with E-state index in [0.717, 1.165) is 11.1 Å². The smallest absolute Gasteiger partial charge is 0.1000 e. The van der Waals surface area contributed by atoms with Gasteiger partial charge in [-0.1, -0.05) is 6.07 Å². The van der Waals surface area contributed by atoms with Gasteiger partial charge in [0.25, 0.3) is 0 Å². The fourth-order valence-corrected chi connectivity index (χ4v) is 2.41. The number of nitrogens with zero attached hydrogens (tertiary/aromatic N) is 1. The molecular formula is C13H16N2OS. The van der Waals surface area contributed by atoms with Gasteiger partial charge in [0.15, 0.2) is 0 Å². The first-order valence-corrected chi connectivity index (χ1v) is 6.47. The molecule has 0 aliphatic carbocycles. The Labute approximate surface area is 105 Å². The lowest BCUT2D eigenvalue weighted by Crippen LogP contribution is -2.34. The van der Waals surface area contributed by atoms with E-state index in [1.807, 2.05) is 42.1 Å². The van der Waals surface area contributed by atoms with Crippen LogP contribution in [-0.2, 0) is 12.1 Å². The Kier molecular flexibility index (Phi) is 3.89. The number of aromatic nitrogens is 1. The summed E-state index contributed by atoms with van der Waals surface area (Å²) in [5.41, 5.74) is 1.26. The van der Waals surface area contributed by atoms with Crippen LogP contribution in [0.5, 0.6) is 0 Å². The maximum absolute atomic E-state index is 10.3. The van der Waals surface area contributed by atoms with Crippen molar-refractivity contribution in [2.45, 2.75) is 19.1 Å². The Hall–Kier alpha value is -1.23. The first-order valence-electron chi connectivity index (χ1n) is 5.53. The van der Waals surface area contributed by atoms with Crippen LogP contribution in [0.3, 0.4) is 0 Å². The van der Waals surface area contributed by atoms with Crippen LogP contribution in [0.15, 0.2) is 41.4 Å². The highest BCUT2D eigenvalue weighted by Crippen LogP contribution is 2.22. The number of rotatable bonds is 5. The molecule has 1 atom stereocenters. The highest BCUT2D eigenvalue weighted by atomic mass is 32.1. The molecule has 0 amide bonds. The monoisotopic (exact) mass is 248 g/mol. The number of aliphatic hydroxyl groups is 1. The Morgan fingerprint density at radius 1 is 1.47 bits per heavy atom. The van der Waals surface area contributed by atoms with E-state index >= 15 is 0 Å². The van der Waals surface area contributed by atoms with Gasteiger partial charge in [0, 0.05) is 25.5 Å². The van der Waals surface area contributed by atoms with Crippen molar-refractivity contribution in [3.8, 4) is 0 Å². The van der Waals surface area contributed by atoms with Crippen LogP contribution < -0.4 is 5.32 Å². The van der Waals surface area contributed by atoms with E-state index in [1.165, 1.54) is 0 Å². The Morgan fingerprint density at radius 2 is 2.35 bits per heavy atom. The molecule has 2 aromatic rings. The molecule has 90 valence electrons. The molecule has 0 aliphatic heterocycles. The SMILES string of the molecule is CC(O)(CNCc1cccnc1)c1ccsc1. The maximum Gasteiger partial charge on any atom is 0.1000 e. The van der Waals surface area contributed by atoms with E-state index in [9.17, 15) is 5.11 Å². The summed E-state index contributed by atoms with van der Waals surface area (Å²) in [5, 5.41) is 17.5. The van der Waals surface area contributed by atoms with Gasteiger partial charge in [0.05, 0.1) is 5.60 Å². The summed E-state index contributed by atoms with van der Waals surface area (Å²) in [7, 11) is 0. The van der Waals surface area contributed by atoms with Crippen LogP contribution in [0.4, 0.5) is 0 Å². The lowest BCUT2D eigenvalue weighted by molar-refractivity contribution is 0.0571. The maximum atomic E-state index is 10.3. The van der Waals surface area contributed by atoms with E-state index in [2.05, 4.69) is 10.3 Å². The molecule has 0 bridgehead atoms. The predicted octanol–water partition coefficient (Wildman–Crippen LogP) is 2.14. The van der Waals surface area contributed by atoms with Crippen LogP contribution in [0.1, 0.15) is 18.1 Å². The number of nitrogens with one attached hydrogen (secondary N) is 1. The van der Waals surface area contributed by atoms with Crippen molar-refractivity contribution in [1.82, 2.24) is 10.3 Å². The van der Waals surface area contributed by atoms with Crippen LogP contribution in [0, 0.1) is 0 Å². The molecule has 4 heteroatoms. The van der Waals surface area contributed by atoms with Crippen molar-refractivity contribution >= 4 is 11.3 Å². The fraction of sp³-hybridized carbons (Fsp3) is 0.308. The van der Waals surface area contributed by atoms with E-state index in [4.69, 9.17) is 0 Å². The van der Waals surface area contributed by atoms with E-state index < -0.39 is 5.60 Å². The zero-order valence-corrected chi connectivity index (χ0v) is 10.6. The lowest BCUT2D eigenvalue weighted by Gasteiger charge is -2.22. The molecule has 0 radical (unpaired) electrons. The third kappa shape index (κ3) is 3.36. The zero-order chi connectivity index (χ0) is 12.1. The zero-order valence-electron chi connectivity index (χ0n) is 9.76. The van der Waals surface area contributed by atoms with Gasteiger partial charge < -0.3 is 10.4 Å². The second-order valence-corrected chi connectivity index (χ2v) is 5.03. The standard InChI is InChI=1S/C13H16N2OS/c1-13(16,12-4-6-17-9-12)10-15-8-11-3-2-5-14-7-11/h2-7,9,15-16H,8,10H2,1H3. The predicted molar refractivity (Wildman–Crippen MR) is 69.8 cm³/mol. The van der Waals surface area contributed by atoms with Crippen molar-refractivity contribution in [3.63, 3.8) is 0 Å². The van der Waals surface area contributed by atoms with Gasteiger partial charge in [-0.25, -0.2) is 0 Å². The Bertz CT molecular complexity index is 440. The molecule has 2 aromatic heterocycles. The minimum Gasteiger partial charge on any atom is -0.384 e. The molecule has 0 aliphatic rings. The number of hydrogen-bond acceptors (Lipinski definition) is 4. The molecule has 2 N–H and O–H groups in total. The van der Waals surface area contributed by atoms with Crippen LogP contribution >= 0.6 is 11.3 Å². The Morgan fingerprint density at radius 3 is 3.00 bits per heavy atom. The highest BCUT2D eigenvalue weighted by molar-refractivity contribution is 7.08. The van der Waals surface area contributed by atoms with Crippen LogP contribution in [0.2, 0.25) is 0 Å². The average molecular weight is 248 g/mol. The first kappa shape index (κ1) is 12.2. The number of hydrogen-bond donors (Lipinski definition) is 2. The van der Waals surface area contributed by atoms with E-state index in [0.29, 0.717) is 13.1 Å². The van der Waals surface area contributed by atoms with Crippen molar-refractivity contribution in [1.29, 1.82) is 0 Å². The molecule has 2 heterocycles. The third-order valence-corrected chi connectivity index (χ3v) is 3.35. The molecule has 17 heavy (non-hydrogen) atoms. The van der Waals surface area contributed by atoms with Crippen molar-refractivity contribution in [2.24, 2.45) is 0 Å². The lowest BCUT2D eigenvalue weighted by atomic mass is 9.99. The van der Waals surface area contributed by atoms with Gasteiger partial charge >= 0.3 is 0 Å². The quantitative estimate of drug-likeness (QED) is 0.852. The third-order valence-electron chi connectivity index (χ3n) is 2.66. The van der Waals surface area contributed by atoms with E-state index in [1.54, 1.807) is 17.5 Å². The summed E-state index contributed by atoms with van der Waals surface area (Å²) in [6, 6.07) is 5.88. The number of pyridine rings is 1. The fourth-order valence-electron chi connectivity index (χ4n) is 1.63. The van der Waals surface area contributed by atoms with Gasteiger partial charge in [-0.2, -0.15) is 11.3 Å². The molecule has 0 aromatic carbocycles. The van der Waals surface area contributed by atoms with Crippen LogP contribution in [-0.4, -0.2) is 16.6 Å². The number of thiophene rings is 1. The minimum atomic E-state index is -0.817. The van der Waals surface area contributed by atoms with Gasteiger partial charge in [-0.15, -0.1) is 0 Å². The topological polar surface area (TPSA) is 45.1 Å².